The number of amides is 1. The molecule has 0 spiro atoms. The minimum absolute atomic E-state index is 0.00268. The zero-order valence-corrected chi connectivity index (χ0v) is 9.99. The Bertz CT molecular complexity index is 408. The van der Waals surface area contributed by atoms with Crippen LogP contribution in [0.5, 0.6) is 5.75 Å². The van der Waals surface area contributed by atoms with Crippen molar-refractivity contribution >= 4 is 5.91 Å². The highest BCUT2D eigenvalue weighted by atomic mass is 16.5. The van der Waals surface area contributed by atoms with Gasteiger partial charge in [0, 0.05) is 13.1 Å². The van der Waals surface area contributed by atoms with Gasteiger partial charge in [0.05, 0.1) is 7.11 Å². The number of methoxy groups -OCH3 is 1. The maximum Gasteiger partial charge on any atom is 0.238 e. The van der Waals surface area contributed by atoms with Gasteiger partial charge in [-0.25, -0.2) is 10.9 Å². The Morgan fingerprint density at radius 3 is 3.00 bits per heavy atom. The predicted octanol–water partition coefficient (Wildman–Crippen LogP) is 0.349. The first kappa shape index (κ1) is 11.9. The SMILES string of the molecule is CNC(=O)C1CC(c2cccc(OC)c2)NN1. The van der Waals surface area contributed by atoms with Crippen molar-refractivity contribution in [2.75, 3.05) is 14.2 Å². The largest absolute Gasteiger partial charge is 0.497 e. The van der Waals surface area contributed by atoms with Gasteiger partial charge in [0.2, 0.25) is 5.91 Å². The predicted molar refractivity (Wildman–Crippen MR) is 64.5 cm³/mol. The number of ether oxygens (including phenoxy) is 1. The van der Waals surface area contributed by atoms with Crippen molar-refractivity contribution in [1.82, 2.24) is 16.2 Å². The van der Waals surface area contributed by atoms with E-state index in [0.717, 1.165) is 17.7 Å². The minimum atomic E-state index is -0.184. The van der Waals surface area contributed by atoms with Gasteiger partial charge in [0.15, 0.2) is 0 Å². The first-order chi connectivity index (χ1) is 8.24. The summed E-state index contributed by atoms with van der Waals surface area (Å²) in [7, 11) is 3.29. The van der Waals surface area contributed by atoms with E-state index < -0.39 is 0 Å². The van der Waals surface area contributed by atoms with Crippen LogP contribution in [0.2, 0.25) is 0 Å². The summed E-state index contributed by atoms with van der Waals surface area (Å²) in [6, 6.07) is 7.80. The van der Waals surface area contributed by atoms with E-state index in [9.17, 15) is 4.79 Å². The zero-order valence-electron chi connectivity index (χ0n) is 9.99. The molecule has 1 aliphatic heterocycles. The van der Waals surface area contributed by atoms with E-state index in [1.165, 1.54) is 0 Å². The summed E-state index contributed by atoms with van der Waals surface area (Å²) in [5.74, 6) is 0.829. The number of rotatable bonds is 3. The molecule has 5 nitrogen and oxygen atoms in total. The second kappa shape index (κ2) is 5.16. The van der Waals surface area contributed by atoms with Crippen LogP contribution in [0.1, 0.15) is 18.0 Å². The fourth-order valence-electron chi connectivity index (χ4n) is 1.98. The van der Waals surface area contributed by atoms with Gasteiger partial charge < -0.3 is 10.1 Å². The van der Waals surface area contributed by atoms with Gasteiger partial charge in [-0.05, 0) is 24.1 Å². The standard InChI is InChI=1S/C12H17N3O2/c1-13-12(16)11-7-10(14-15-11)8-4-3-5-9(6-8)17-2/h3-6,10-11,14-15H,7H2,1-2H3,(H,13,16). The Labute approximate surface area is 101 Å². The van der Waals surface area contributed by atoms with Crippen molar-refractivity contribution < 1.29 is 9.53 Å². The monoisotopic (exact) mass is 235 g/mol. The summed E-state index contributed by atoms with van der Waals surface area (Å²) in [6.45, 7) is 0. The molecule has 1 heterocycles. The van der Waals surface area contributed by atoms with E-state index in [1.54, 1.807) is 14.2 Å². The molecule has 3 N–H and O–H groups in total. The van der Waals surface area contributed by atoms with Crippen molar-refractivity contribution in [1.29, 1.82) is 0 Å². The number of carbonyl (C=O) groups is 1. The number of benzene rings is 1. The van der Waals surface area contributed by atoms with Crippen LogP contribution in [0.3, 0.4) is 0 Å². The average molecular weight is 235 g/mol. The van der Waals surface area contributed by atoms with Gasteiger partial charge >= 0.3 is 0 Å². The second-order valence-corrected chi connectivity index (χ2v) is 4.02. The van der Waals surface area contributed by atoms with Crippen molar-refractivity contribution in [2.24, 2.45) is 0 Å². The highest BCUT2D eigenvalue weighted by molar-refractivity contribution is 5.81. The molecule has 0 aromatic heterocycles. The van der Waals surface area contributed by atoms with E-state index in [0.29, 0.717) is 0 Å². The van der Waals surface area contributed by atoms with Crippen LogP contribution in [0.15, 0.2) is 24.3 Å². The lowest BCUT2D eigenvalue weighted by atomic mass is 10.0. The number of likely N-dealkylation sites (N-methyl/N-ethyl adjacent to an activating group) is 1. The molecule has 1 aromatic rings. The molecule has 2 rings (SSSR count). The first-order valence-corrected chi connectivity index (χ1v) is 5.61. The van der Waals surface area contributed by atoms with Crippen LogP contribution in [-0.2, 0) is 4.79 Å². The number of hydrogen-bond donors (Lipinski definition) is 3. The average Bonchev–Trinajstić information content (AvgIpc) is 2.87. The fourth-order valence-corrected chi connectivity index (χ4v) is 1.98. The third-order valence-electron chi connectivity index (χ3n) is 2.96. The number of carbonyl (C=O) groups excluding carboxylic acids is 1. The van der Waals surface area contributed by atoms with Crippen LogP contribution in [-0.4, -0.2) is 26.1 Å². The van der Waals surface area contributed by atoms with E-state index >= 15 is 0 Å². The van der Waals surface area contributed by atoms with Gasteiger partial charge in [-0.3, -0.25) is 4.79 Å². The van der Waals surface area contributed by atoms with Crippen molar-refractivity contribution in [3.63, 3.8) is 0 Å². The summed E-state index contributed by atoms with van der Waals surface area (Å²) in [6.07, 6.45) is 0.729. The molecule has 2 unspecified atom stereocenters. The Kier molecular flexibility index (Phi) is 3.61. The molecule has 0 aliphatic carbocycles. The lowest BCUT2D eigenvalue weighted by Gasteiger charge is -2.10. The first-order valence-electron chi connectivity index (χ1n) is 5.61. The van der Waals surface area contributed by atoms with Crippen LogP contribution in [0.4, 0.5) is 0 Å². The van der Waals surface area contributed by atoms with Gasteiger partial charge in [0.25, 0.3) is 0 Å². The topological polar surface area (TPSA) is 62.4 Å². The lowest BCUT2D eigenvalue weighted by Crippen LogP contribution is -2.41. The Balaban J connectivity index is 2.07. The van der Waals surface area contributed by atoms with E-state index in [2.05, 4.69) is 16.2 Å². The maximum absolute atomic E-state index is 11.5. The third-order valence-corrected chi connectivity index (χ3v) is 2.96. The normalized spacial score (nSPS) is 23.4. The van der Waals surface area contributed by atoms with E-state index in [4.69, 9.17) is 4.74 Å². The van der Waals surface area contributed by atoms with E-state index in [1.807, 2.05) is 24.3 Å². The van der Waals surface area contributed by atoms with Crippen molar-refractivity contribution in [3.05, 3.63) is 29.8 Å². The summed E-state index contributed by atoms with van der Waals surface area (Å²) in [5, 5.41) is 2.64. The molecule has 17 heavy (non-hydrogen) atoms. The van der Waals surface area contributed by atoms with Crippen molar-refractivity contribution in [3.8, 4) is 5.75 Å². The molecule has 2 atom stereocenters. The summed E-state index contributed by atoms with van der Waals surface area (Å²) in [4.78, 5) is 11.5. The highest BCUT2D eigenvalue weighted by Gasteiger charge is 2.29. The van der Waals surface area contributed by atoms with Crippen molar-refractivity contribution in [2.45, 2.75) is 18.5 Å². The summed E-state index contributed by atoms with van der Waals surface area (Å²) < 4.78 is 5.18. The number of hydrogen-bond acceptors (Lipinski definition) is 4. The quantitative estimate of drug-likeness (QED) is 0.707. The third kappa shape index (κ3) is 2.57. The molecular weight excluding hydrogens is 218 g/mol. The van der Waals surface area contributed by atoms with Crippen LogP contribution in [0, 0.1) is 0 Å². The van der Waals surface area contributed by atoms with Gasteiger partial charge in [-0.15, -0.1) is 0 Å². The van der Waals surface area contributed by atoms with Crippen LogP contribution < -0.4 is 20.9 Å². The Hall–Kier alpha value is -1.59. The Morgan fingerprint density at radius 1 is 1.47 bits per heavy atom. The molecule has 0 radical (unpaired) electrons. The molecule has 0 bridgehead atoms. The van der Waals surface area contributed by atoms with E-state index in [-0.39, 0.29) is 18.0 Å². The molecule has 1 fully saturated rings. The zero-order chi connectivity index (χ0) is 12.3. The summed E-state index contributed by atoms with van der Waals surface area (Å²) in [5.41, 5.74) is 7.23. The van der Waals surface area contributed by atoms with Gasteiger partial charge in [0.1, 0.15) is 11.8 Å². The van der Waals surface area contributed by atoms with Gasteiger partial charge in [-0.1, -0.05) is 12.1 Å². The molecule has 1 amide bonds. The minimum Gasteiger partial charge on any atom is -0.497 e. The smallest absolute Gasteiger partial charge is 0.238 e. The molecule has 1 saturated heterocycles. The maximum atomic E-state index is 11.5. The molecule has 92 valence electrons. The Morgan fingerprint density at radius 2 is 2.29 bits per heavy atom. The second-order valence-electron chi connectivity index (χ2n) is 4.02. The summed E-state index contributed by atoms with van der Waals surface area (Å²) >= 11 is 0. The molecule has 5 heteroatoms. The van der Waals surface area contributed by atoms with Gasteiger partial charge in [-0.2, -0.15) is 0 Å². The molecule has 0 saturated carbocycles. The van der Waals surface area contributed by atoms with Crippen LogP contribution >= 0.6 is 0 Å². The van der Waals surface area contributed by atoms with Crippen LogP contribution in [0.25, 0.3) is 0 Å². The number of nitrogens with one attached hydrogen (secondary N) is 3. The number of hydrazine groups is 1. The molecule has 1 aromatic carbocycles. The molecule has 1 aliphatic rings. The fraction of sp³-hybridized carbons (Fsp3) is 0.417. The lowest BCUT2D eigenvalue weighted by molar-refractivity contribution is -0.122. The highest BCUT2D eigenvalue weighted by Crippen LogP contribution is 2.25. The molecular formula is C12H17N3O2.